The highest BCUT2D eigenvalue weighted by Crippen LogP contribution is 2.23. The van der Waals surface area contributed by atoms with Gasteiger partial charge in [0.05, 0.1) is 5.03 Å². The van der Waals surface area contributed by atoms with E-state index in [1.807, 2.05) is 6.07 Å². The van der Waals surface area contributed by atoms with Crippen molar-refractivity contribution in [2.75, 3.05) is 0 Å². The fraction of sp³-hybridized carbons (Fsp3) is 0.0667. The monoisotopic (exact) mass is 239 g/mol. The zero-order chi connectivity index (χ0) is 11.7. The summed E-state index contributed by atoms with van der Waals surface area (Å²) in [5, 5.41) is 2.25. The fourth-order valence-electron chi connectivity index (χ4n) is 2.13. The van der Waals surface area contributed by atoms with Crippen LogP contribution in [0, 0.1) is 0 Å². The predicted octanol–water partition coefficient (Wildman–Crippen LogP) is 3.98. The van der Waals surface area contributed by atoms with Gasteiger partial charge in [-0.15, -0.1) is 12.6 Å². The number of nitrogens with zero attached hydrogens (tertiary/aromatic N) is 1. The van der Waals surface area contributed by atoms with Crippen LogP contribution < -0.4 is 0 Å². The van der Waals surface area contributed by atoms with Crippen molar-refractivity contribution in [1.29, 1.82) is 0 Å². The van der Waals surface area contributed by atoms with E-state index in [4.69, 9.17) is 0 Å². The quantitative estimate of drug-likeness (QED) is 0.645. The average Bonchev–Trinajstić information content (AvgIpc) is 2.68. The minimum Gasteiger partial charge on any atom is -0.331 e. The first kappa shape index (κ1) is 10.5. The van der Waals surface area contributed by atoms with Crippen LogP contribution in [-0.4, -0.2) is 4.57 Å². The van der Waals surface area contributed by atoms with Gasteiger partial charge < -0.3 is 4.57 Å². The molecule has 0 saturated heterocycles. The van der Waals surface area contributed by atoms with Crippen molar-refractivity contribution >= 4 is 23.5 Å². The second-order valence-electron chi connectivity index (χ2n) is 4.13. The number of thiol groups is 1. The summed E-state index contributed by atoms with van der Waals surface area (Å²) < 4.78 is 2.23. The molecule has 0 amide bonds. The van der Waals surface area contributed by atoms with Crippen LogP contribution in [0.5, 0.6) is 0 Å². The summed E-state index contributed by atoms with van der Waals surface area (Å²) in [5.74, 6) is 0. The van der Waals surface area contributed by atoms with Crippen molar-refractivity contribution in [2.24, 2.45) is 0 Å². The van der Waals surface area contributed by atoms with Gasteiger partial charge in [0.1, 0.15) is 0 Å². The van der Waals surface area contributed by atoms with Crippen molar-refractivity contribution in [1.82, 2.24) is 4.57 Å². The molecule has 2 aromatic carbocycles. The Morgan fingerprint density at radius 2 is 1.59 bits per heavy atom. The highest BCUT2D eigenvalue weighted by molar-refractivity contribution is 7.80. The molecule has 3 aromatic rings. The Kier molecular flexibility index (Phi) is 2.65. The van der Waals surface area contributed by atoms with E-state index in [9.17, 15) is 0 Å². The molecule has 1 nitrogen and oxygen atoms in total. The van der Waals surface area contributed by atoms with Crippen molar-refractivity contribution in [3.05, 3.63) is 66.2 Å². The van der Waals surface area contributed by atoms with Gasteiger partial charge in [0.25, 0.3) is 0 Å². The third-order valence-electron chi connectivity index (χ3n) is 2.97. The summed E-state index contributed by atoms with van der Waals surface area (Å²) in [7, 11) is 0. The van der Waals surface area contributed by atoms with Crippen LogP contribution in [0.15, 0.2) is 65.7 Å². The van der Waals surface area contributed by atoms with Gasteiger partial charge >= 0.3 is 0 Å². The Morgan fingerprint density at radius 3 is 2.41 bits per heavy atom. The van der Waals surface area contributed by atoms with Crippen LogP contribution in [-0.2, 0) is 6.54 Å². The van der Waals surface area contributed by atoms with E-state index in [1.165, 1.54) is 16.5 Å². The van der Waals surface area contributed by atoms with Crippen molar-refractivity contribution in [3.63, 3.8) is 0 Å². The lowest BCUT2D eigenvalue weighted by molar-refractivity contribution is 0.764. The van der Waals surface area contributed by atoms with Crippen molar-refractivity contribution < 1.29 is 0 Å². The molecule has 0 aliphatic rings. The Balaban J connectivity index is 2.08. The fourth-order valence-corrected chi connectivity index (χ4v) is 2.45. The molecule has 0 unspecified atom stereocenters. The largest absolute Gasteiger partial charge is 0.331 e. The van der Waals surface area contributed by atoms with Crippen molar-refractivity contribution in [3.8, 4) is 0 Å². The molecule has 84 valence electrons. The molecule has 1 aromatic heterocycles. The standard InChI is InChI=1S/C15H13NS/c17-15-10-13-8-4-5-9-14(13)16(15)11-12-6-2-1-3-7-12/h1-10,17H,11H2. The Hall–Kier alpha value is -1.67. The Morgan fingerprint density at radius 1 is 0.882 bits per heavy atom. The van der Waals surface area contributed by atoms with E-state index in [0.29, 0.717) is 0 Å². The van der Waals surface area contributed by atoms with Gasteiger partial charge in [0, 0.05) is 17.4 Å². The average molecular weight is 239 g/mol. The van der Waals surface area contributed by atoms with Crippen molar-refractivity contribution in [2.45, 2.75) is 11.6 Å². The van der Waals surface area contributed by atoms with Gasteiger partial charge in [-0.05, 0) is 17.7 Å². The first-order valence-corrected chi connectivity index (χ1v) is 6.10. The molecule has 0 fully saturated rings. The molecule has 0 bridgehead atoms. The zero-order valence-electron chi connectivity index (χ0n) is 9.38. The van der Waals surface area contributed by atoms with Gasteiger partial charge in [0.15, 0.2) is 0 Å². The molecule has 0 spiro atoms. The van der Waals surface area contributed by atoms with E-state index >= 15 is 0 Å². The highest BCUT2D eigenvalue weighted by atomic mass is 32.1. The van der Waals surface area contributed by atoms with Gasteiger partial charge in [-0.3, -0.25) is 0 Å². The number of hydrogen-bond donors (Lipinski definition) is 1. The highest BCUT2D eigenvalue weighted by Gasteiger charge is 2.05. The lowest BCUT2D eigenvalue weighted by atomic mass is 10.2. The topological polar surface area (TPSA) is 4.93 Å². The molecular weight excluding hydrogens is 226 g/mol. The molecule has 1 heterocycles. The second-order valence-corrected chi connectivity index (χ2v) is 4.59. The third-order valence-corrected chi connectivity index (χ3v) is 3.34. The van der Waals surface area contributed by atoms with E-state index < -0.39 is 0 Å². The second kappa shape index (κ2) is 4.30. The number of fused-ring (bicyclic) bond motifs is 1. The van der Waals surface area contributed by atoms with Gasteiger partial charge in [-0.25, -0.2) is 0 Å². The van der Waals surface area contributed by atoms with E-state index in [2.05, 4.69) is 71.8 Å². The summed E-state index contributed by atoms with van der Waals surface area (Å²) in [6.07, 6.45) is 0. The third kappa shape index (κ3) is 1.96. The molecule has 17 heavy (non-hydrogen) atoms. The Bertz CT molecular complexity index is 640. The molecule has 0 radical (unpaired) electrons. The molecule has 0 aliphatic carbocycles. The van der Waals surface area contributed by atoms with Crippen LogP contribution in [0.3, 0.4) is 0 Å². The number of aromatic nitrogens is 1. The van der Waals surface area contributed by atoms with Gasteiger partial charge in [0.2, 0.25) is 0 Å². The normalized spacial score (nSPS) is 10.9. The van der Waals surface area contributed by atoms with Crippen LogP contribution in [0.1, 0.15) is 5.56 Å². The minimum atomic E-state index is 0.868. The number of benzene rings is 2. The zero-order valence-corrected chi connectivity index (χ0v) is 10.3. The molecule has 0 N–H and O–H groups in total. The molecular formula is C15H13NS. The van der Waals surface area contributed by atoms with Crippen LogP contribution >= 0.6 is 12.6 Å². The Labute approximate surface area is 106 Å². The van der Waals surface area contributed by atoms with E-state index in [-0.39, 0.29) is 0 Å². The lowest BCUT2D eigenvalue weighted by Gasteiger charge is -2.07. The number of para-hydroxylation sites is 1. The van der Waals surface area contributed by atoms with Crippen LogP contribution in [0.2, 0.25) is 0 Å². The predicted molar refractivity (Wildman–Crippen MR) is 74.7 cm³/mol. The van der Waals surface area contributed by atoms with Gasteiger partial charge in [-0.2, -0.15) is 0 Å². The summed E-state index contributed by atoms with van der Waals surface area (Å²) >= 11 is 4.55. The summed E-state index contributed by atoms with van der Waals surface area (Å²) in [4.78, 5) is 0. The molecule has 0 saturated carbocycles. The minimum absolute atomic E-state index is 0.868. The lowest BCUT2D eigenvalue weighted by Crippen LogP contribution is -1.99. The summed E-state index contributed by atoms with van der Waals surface area (Å²) in [6, 6.07) is 21.0. The van der Waals surface area contributed by atoms with Crippen LogP contribution in [0.25, 0.3) is 10.9 Å². The van der Waals surface area contributed by atoms with Gasteiger partial charge in [-0.1, -0.05) is 48.5 Å². The molecule has 0 aliphatic heterocycles. The molecule has 3 rings (SSSR count). The summed E-state index contributed by atoms with van der Waals surface area (Å²) in [5.41, 5.74) is 2.53. The molecule has 0 atom stereocenters. The maximum Gasteiger partial charge on any atom is 0.0731 e. The van der Waals surface area contributed by atoms with E-state index in [0.717, 1.165) is 11.6 Å². The maximum atomic E-state index is 4.55. The first-order valence-electron chi connectivity index (χ1n) is 5.66. The van der Waals surface area contributed by atoms with Crippen LogP contribution in [0.4, 0.5) is 0 Å². The molecule has 2 heteroatoms. The number of rotatable bonds is 2. The van der Waals surface area contributed by atoms with E-state index in [1.54, 1.807) is 0 Å². The SMILES string of the molecule is Sc1cc2ccccc2n1Cc1ccccc1. The maximum absolute atomic E-state index is 4.55. The summed E-state index contributed by atoms with van der Waals surface area (Å²) in [6.45, 7) is 0.868. The number of hydrogen-bond acceptors (Lipinski definition) is 1. The smallest absolute Gasteiger partial charge is 0.0731 e. The first-order chi connectivity index (χ1) is 8.34.